The van der Waals surface area contributed by atoms with Gasteiger partial charge >= 0.3 is 5.97 Å². The molecule has 0 bridgehead atoms. The quantitative estimate of drug-likeness (QED) is 0.621. The molecule has 0 saturated carbocycles. The van der Waals surface area contributed by atoms with Crippen molar-refractivity contribution in [2.24, 2.45) is 0 Å². The minimum absolute atomic E-state index is 0.0665. The maximum atomic E-state index is 12.2. The average Bonchev–Trinajstić information content (AvgIpc) is 2.51. The molecule has 0 aromatic carbocycles. The van der Waals surface area contributed by atoms with Gasteiger partial charge in [-0.1, -0.05) is 0 Å². The zero-order valence-electron chi connectivity index (χ0n) is 14.5. The lowest BCUT2D eigenvalue weighted by atomic mass is 10.0. The molecule has 0 unspecified atom stereocenters. The number of likely N-dealkylation sites (tertiary alicyclic amines) is 1. The molecule has 0 aliphatic carbocycles. The maximum Gasteiger partial charge on any atom is 0.306 e. The number of esters is 1. The number of hydrogen-bond acceptors (Lipinski definition) is 5. The SMILES string of the molecule is COC(=O)CCC(=O)N1CCC[C@@H](N(C)CCCN(C)C)C1. The Morgan fingerprint density at radius 3 is 2.55 bits per heavy atom. The van der Waals surface area contributed by atoms with Crippen LogP contribution in [-0.2, 0) is 14.3 Å². The fourth-order valence-electron chi connectivity index (χ4n) is 2.83. The molecule has 1 amide bonds. The second kappa shape index (κ2) is 9.79. The summed E-state index contributed by atoms with van der Waals surface area (Å²) < 4.78 is 4.59. The molecule has 1 fully saturated rings. The van der Waals surface area contributed by atoms with Gasteiger partial charge in [-0.3, -0.25) is 9.59 Å². The zero-order valence-corrected chi connectivity index (χ0v) is 14.5. The Labute approximate surface area is 134 Å². The van der Waals surface area contributed by atoms with Crippen molar-refractivity contribution < 1.29 is 14.3 Å². The fourth-order valence-corrected chi connectivity index (χ4v) is 2.83. The Morgan fingerprint density at radius 2 is 1.91 bits per heavy atom. The molecule has 1 rings (SSSR count). The molecule has 1 saturated heterocycles. The van der Waals surface area contributed by atoms with Crippen LogP contribution in [0.2, 0.25) is 0 Å². The normalized spacial score (nSPS) is 18.8. The van der Waals surface area contributed by atoms with Gasteiger partial charge in [-0.05, 0) is 53.5 Å². The van der Waals surface area contributed by atoms with Gasteiger partial charge in [-0.25, -0.2) is 0 Å². The summed E-state index contributed by atoms with van der Waals surface area (Å²) in [7, 11) is 7.67. The monoisotopic (exact) mass is 313 g/mol. The Hall–Kier alpha value is -1.14. The molecule has 0 radical (unpaired) electrons. The van der Waals surface area contributed by atoms with Crippen LogP contribution in [0.25, 0.3) is 0 Å². The molecule has 0 N–H and O–H groups in total. The van der Waals surface area contributed by atoms with E-state index in [0.29, 0.717) is 6.04 Å². The van der Waals surface area contributed by atoms with Gasteiger partial charge in [-0.2, -0.15) is 0 Å². The van der Waals surface area contributed by atoms with Crippen molar-refractivity contribution in [3.8, 4) is 0 Å². The predicted octanol–water partition coefficient (Wildman–Crippen LogP) is 0.814. The smallest absolute Gasteiger partial charge is 0.306 e. The van der Waals surface area contributed by atoms with Crippen LogP contribution in [-0.4, -0.2) is 87.0 Å². The van der Waals surface area contributed by atoms with Crippen molar-refractivity contribution in [3.63, 3.8) is 0 Å². The first-order valence-corrected chi connectivity index (χ1v) is 8.13. The maximum absolute atomic E-state index is 12.2. The summed E-state index contributed by atoms with van der Waals surface area (Å²) >= 11 is 0. The molecule has 0 aromatic heterocycles. The Bertz CT molecular complexity index is 361. The molecule has 6 nitrogen and oxygen atoms in total. The van der Waals surface area contributed by atoms with Crippen LogP contribution in [0, 0.1) is 0 Å². The van der Waals surface area contributed by atoms with Crippen LogP contribution in [0.1, 0.15) is 32.1 Å². The number of rotatable bonds is 8. The van der Waals surface area contributed by atoms with E-state index in [9.17, 15) is 9.59 Å². The van der Waals surface area contributed by atoms with Crippen molar-refractivity contribution in [2.75, 3.05) is 54.4 Å². The summed E-state index contributed by atoms with van der Waals surface area (Å²) in [4.78, 5) is 29.8. The van der Waals surface area contributed by atoms with Crippen molar-refractivity contribution in [1.82, 2.24) is 14.7 Å². The summed E-state index contributed by atoms with van der Waals surface area (Å²) in [5.41, 5.74) is 0. The standard InChI is InChI=1S/C16H31N3O3/c1-17(2)10-6-11-18(3)14-7-5-12-19(13-14)15(20)8-9-16(21)22-4/h14H,5-13H2,1-4H3/t14-/m1/s1. The number of methoxy groups -OCH3 is 1. The number of carbonyl (C=O) groups is 2. The highest BCUT2D eigenvalue weighted by molar-refractivity contribution is 5.81. The lowest BCUT2D eigenvalue weighted by molar-refractivity contribution is -0.144. The summed E-state index contributed by atoms with van der Waals surface area (Å²) in [6.07, 6.45) is 3.74. The van der Waals surface area contributed by atoms with Gasteiger partial charge in [0.2, 0.25) is 5.91 Å². The zero-order chi connectivity index (χ0) is 16.5. The van der Waals surface area contributed by atoms with Crippen molar-refractivity contribution in [3.05, 3.63) is 0 Å². The van der Waals surface area contributed by atoms with E-state index in [4.69, 9.17) is 0 Å². The Balaban J connectivity index is 2.36. The van der Waals surface area contributed by atoms with Gasteiger partial charge in [-0.15, -0.1) is 0 Å². The number of ether oxygens (including phenoxy) is 1. The van der Waals surface area contributed by atoms with Gasteiger partial charge in [0.05, 0.1) is 13.5 Å². The molecule has 0 aromatic rings. The van der Waals surface area contributed by atoms with E-state index in [1.165, 1.54) is 7.11 Å². The fraction of sp³-hybridized carbons (Fsp3) is 0.875. The predicted molar refractivity (Wildman–Crippen MR) is 86.7 cm³/mol. The van der Waals surface area contributed by atoms with Crippen LogP contribution < -0.4 is 0 Å². The number of carbonyl (C=O) groups excluding carboxylic acids is 2. The molecule has 22 heavy (non-hydrogen) atoms. The molecule has 1 aliphatic heterocycles. The van der Waals surface area contributed by atoms with Crippen molar-refractivity contribution in [1.29, 1.82) is 0 Å². The Kier molecular flexibility index (Phi) is 8.42. The van der Waals surface area contributed by atoms with E-state index in [1.54, 1.807) is 0 Å². The van der Waals surface area contributed by atoms with Crippen LogP contribution in [0.3, 0.4) is 0 Å². The minimum atomic E-state index is -0.317. The first kappa shape index (κ1) is 18.9. The third-order valence-electron chi connectivity index (χ3n) is 4.26. The summed E-state index contributed by atoms with van der Waals surface area (Å²) in [5, 5.41) is 0. The van der Waals surface area contributed by atoms with Gasteiger partial charge in [0.1, 0.15) is 0 Å². The number of hydrogen-bond donors (Lipinski definition) is 0. The second-order valence-electron chi connectivity index (χ2n) is 6.35. The molecular formula is C16H31N3O3. The summed E-state index contributed by atoms with van der Waals surface area (Å²) in [6.45, 7) is 3.71. The lowest BCUT2D eigenvalue weighted by Crippen LogP contribution is -2.49. The molecule has 0 spiro atoms. The van der Waals surface area contributed by atoms with Crippen LogP contribution >= 0.6 is 0 Å². The Morgan fingerprint density at radius 1 is 1.18 bits per heavy atom. The minimum Gasteiger partial charge on any atom is -0.469 e. The molecular weight excluding hydrogens is 282 g/mol. The highest BCUT2D eigenvalue weighted by Crippen LogP contribution is 2.16. The van der Waals surface area contributed by atoms with Gasteiger partial charge < -0.3 is 19.4 Å². The van der Waals surface area contributed by atoms with Gasteiger partial charge in [0.15, 0.2) is 0 Å². The second-order valence-corrected chi connectivity index (χ2v) is 6.35. The molecule has 1 atom stereocenters. The number of piperidine rings is 1. The van der Waals surface area contributed by atoms with E-state index in [2.05, 4.69) is 35.7 Å². The summed E-state index contributed by atoms with van der Waals surface area (Å²) in [5.74, 6) is -0.250. The van der Waals surface area contributed by atoms with Gasteiger partial charge in [0.25, 0.3) is 0 Å². The number of amides is 1. The van der Waals surface area contributed by atoms with E-state index in [0.717, 1.165) is 45.4 Å². The van der Waals surface area contributed by atoms with Crippen LogP contribution in [0.4, 0.5) is 0 Å². The van der Waals surface area contributed by atoms with Crippen LogP contribution in [0.5, 0.6) is 0 Å². The van der Waals surface area contributed by atoms with E-state index in [1.807, 2.05) is 4.90 Å². The van der Waals surface area contributed by atoms with E-state index in [-0.39, 0.29) is 24.7 Å². The number of likely N-dealkylation sites (N-methyl/N-ethyl adjacent to an activating group) is 1. The van der Waals surface area contributed by atoms with Crippen molar-refractivity contribution in [2.45, 2.75) is 38.1 Å². The highest BCUT2D eigenvalue weighted by Gasteiger charge is 2.26. The largest absolute Gasteiger partial charge is 0.469 e. The van der Waals surface area contributed by atoms with E-state index >= 15 is 0 Å². The lowest BCUT2D eigenvalue weighted by Gasteiger charge is -2.38. The third-order valence-corrected chi connectivity index (χ3v) is 4.26. The van der Waals surface area contributed by atoms with E-state index < -0.39 is 0 Å². The van der Waals surface area contributed by atoms with Crippen molar-refractivity contribution >= 4 is 11.9 Å². The highest BCUT2D eigenvalue weighted by atomic mass is 16.5. The molecule has 1 aliphatic rings. The first-order valence-electron chi connectivity index (χ1n) is 8.13. The third kappa shape index (κ3) is 6.75. The number of nitrogens with zero attached hydrogens (tertiary/aromatic N) is 3. The molecule has 1 heterocycles. The molecule has 6 heteroatoms. The summed E-state index contributed by atoms with van der Waals surface area (Å²) in [6, 6.07) is 0.429. The van der Waals surface area contributed by atoms with Gasteiger partial charge in [0, 0.05) is 25.6 Å². The van der Waals surface area contributed by atoms with Crippen LogP contribution in [0.15, 0.2) is 0 Å². The first-order chi connectivity index (χ1) is 10.4. The topological polar surface area (TPSA) is 53.1 Å². The average molecular weight is 313 g/mol. The molecule has 128 valence electrons.